The number of ether oxygens (including phenoxy) is 1. The number of nitrogens with one attached hydrogen (secondary N) is 1. The van der Waals surface area contributed by atoms with Crippen LogP contribution in [0.15, 0.2) is 23.1 Å². The van der Waals surface area contributed by atoms with Crippen molar-refractivity contribution in [3.8, 4) is 0 Å². The van der Waals surface area contributed by atoms with Crippen LogP contribution < -0.4 is 10.5 Å². The number of nitrogen functional groups attached to an aromatic ring is 1. The second-order valence-electron chi connectivity index (χ2n) is 3.57. The molecule has 1 aromatic rings. The van der Waals surface area contributed by atoms with Crippen molar-refractivity contribution in [1.82, 2.24) is 4.72 Å². The number of anilines is 1. The normalized spacial score (nSPS) is 11.6. The fourth-order valence-corrected chi connectivity index (χ4v) is 2.68. The first-order valence-corrected chi connectivity index (χ1v) is 6.90. The lowest BCUT2D eigenvalue weighted by Gasteiger charge is -2.10. The zero-order chi connectivity index (χ0) is 12.9. The average molecular weight is 258 g/mol. The molecule has 0 radical (unpaired) electrons. The lowest BCUT2D eigenvalue weighted by molar-refractivity contribution is 0.153. The molecule has 5 nitrogen and oxygen atoms in total. The highest BCUT2D eigenvalue weighted by Gasteiger charge is 2.16. The van der Waals surface area contributed by atoms with Gasteiger partial charge in [0.25, 0.3) is 0 Å². The van der Waals surface area contributed by atoms with E-state index in [0.717, 1.165) is 0 Å². The second-order valence-corrected chi connectivity index (χ2v) is 5.30. The summed E-state index contributed by atoms with van der Waals surface area (Å²) in [5.74, 6) is 0. The minimum absolute atomic E-state index is 0.217. The van der Waals surface area contributed by atoms with Crippen LogP contribution in [0, 0.1) is 6.92 Å². The van der Waals surface area contributed by atoms with Crippen molar-refractivity contribution < 1.29 is 13.2 Å². The molecule has 0 atom stereocenters. The lowest BCUT2D eigenvalue weighted by Crippen LogP contribution is -2.28. The molecule has 0 aliphatic rings. The Morgan fingerprint density at radius 2 is 2.12 bits per heavy atom. The van der Waals surface area contributed by atoms with E-state index in [0.29, 0.717) is 24.5 Å². The molecular formula is C11H18N2O3S. The third-order valence-electron chi connectivity index (χ3n) is 2.36. The van der Waals surface area contributed by atoms with Gasteiger partial charge in [0, 0.05) is 18.8 Å². The molecule has 0 fully saturated rings. The van der Waals surface area contributed by atoms with E-state index < -0.39 is 10.0 Å². The molecule has 96 valence electrons. The molecule has 6 heteroatoms. The first kappa shape index (κ1) is 14.0. The van der Waals surface area contributed by atoms with Crippen LogP contribution in [0.25, 0.3) is 0 Å². The highest BCUT2D eigenvalue weighted by Crippen LogP contribution is 2.19. The van der Waals surface area contributed by atoms with E-state index in [2.05, 4.69) is 4.72 Å². The van der Waals surface area contributed by atoms with Crippen LogP contribution in [0.5, 0.6) is 0 Å². The Kier molecular flexibility index (Phi) is 4.92. The summed E-state index contributed by atoms with van der Waals surface area (Å²) in [6.45, 7) is 4.73. The molecule has 0 saturated carbocycles. The number of hydrogen-bond donors (Lipinski definition) is 2. The summed E-state index contributed by atoms with van der Waals surface area (Å²) < 4.78 is 31.4. The van der Waals surface area contributed by atoms with Gasteiger partial charge >= 0.3 is 0 Å². The molecule has 0 amide bonds. The van der Waals surface area contributed by atoms with Gasteiger partial charge in [-0.25, -0.2) is 13.1 Å². The maximum Gasteiger partial charge on any atom is 0.240 e. The molecule has 0 heterocycles. The van der Waals surface area contributed by atoms with Gasteiger partial charge in [-0.05, 0) is 31.5 Å². The molecule has 1 aromatic carbocycles. The SMILES string of the molecule is CCOCCNS(=O)(=O)c1cccc(N)c1C. The van der Waals surface area contributed by atoms with Gasteiger partial charge in [-0.1, -0.05) is 6.07 Å². The number of sulfonamides is 1. The van der Waals surface area contributed by atoms with Crippen LogP contribution in [0.2, 0.25) is 0 Å². The molecule has 1 rings (SSSR count). The van der Waals surface area contributed by atoms with Gasteiger partial charge in [0.2, 0.25) is 10.0 Å². The largest absolute Gasteiger partial charge is 0.398 e. The molecule has 3 N–H and O–H groups in total. The quantitative estimate of drug-likeness (QED) is 0.586. The molecule has 0 bridgehead atoms. The van der Waals surface area contributed by atoms with Gasteiger partial charge in [0.15, 0.2) is 0 Å². The number of benzene rings is 1. The topological polar surface area (TPSA) is 81.4 Å². The lowest BCUT2D eigenvalue weighted by atomic mass is 10.2. The van der Waals surface area contributed by atoms with E-state index in [4.69, 9.17) is 10.5 Å². The smallest absolute Gasteiger partial charge is 0.240 e. The number of nitrogens with two attached hydrogens (primary N) is 1. The van der Waals surface area contributed by atoms with Crippen molar-refractivity contribution in [2.45, 2.75) is 18.7 Å². The van der Waals surface area contributed by atoms with Crippen LogP contribution in [-0.2, 0) is 14.8 Å². The van der Waals surface area contributed by atoms with E-state index in [-0.39, 0.29) is 11.4 Å². The predicted molar refractivity (Wildman–Crippen MR) is 67.3 cm³/mol. The zero-order valence-electron chi connectivity index (χ0n) is 10.1. The Labute approximate surface area is 102 Å². The minimum atomic E-state index is -3.50. The Balaban J connectivity index is 2.79. The summed E-state index contributed by atoms with van der Waals surface area (Å²) in [6.07, 6.45) is 0. The van der Waals surface area contributed by atoms with E-state index in [1.54, 1.807) is 19.1 Å². The molecule has 17 heavy (non-hydrogen) atoms. The first-order valence-electron chi connectivity index (χ1n) is 5.41. The summed E-state index contributed by atoms with van der Waals surface area (Å²) >= 11 is 0. The monoisotopic (exact) mass is 258 g/mol. The average Bonchev–Trinajstić information content (AvgIpc) is 2.28. The van der Waals surface area contributed by atoms with Crippen molar-refractivity contribution in [3.63, 3.8) is 0 Å². The van der Waals surface area contributed by atoms with Crippen LogP contribution in [0.3, 0.4) is 0 Å². The summed E-state index contributed by atoms with van der Waals surface area (Å²) in [4.78, 5) is 0.217. The van der Waals surface area contributed by atoms with E-state index >= 15 is 0 Å². The fraction of sp³-hybridized carbons (Fsp3) is 0.455. The van der Waals surface area contributed by atoms with E-state index in [1.165, 1.54) is 6.07 Å². The van der Waals surface area contributed by atoms with Gasteiger partial charge in [-0.15, -0.1) is 0 Å². The van der Waals surface area contributed by atoms with Crippen molar-refractivity contribution in [3.05, 3.63) is 23.8 Å². The van der Waals surface area contributed by atoms with Gasteiger partial charge in [0.05, 0.1) is 11.5 Å². The van der Waals surface area contributed by atoms with Crippen LogP contribution >= 0.6 is 0 Å². The highest BCUT2D eigenvalue weighted by atomic mass is 32.2. The van der Waals surface area contributed by atoms with Gasteiger partial charge in [-0.2, -0.15) is 0 Å². The van der Waals surface area contributed by atoms with Crippen LogP contribution in [-0.4, -0.2) is 28.2 Å². The standard InChI is InChI=1S/C11H18N2O3S/c1-3-16-8-7-13-17(14,15)11-6-4-5-10(12)9(11)2/h4-6,13H,3,7-8,12H2,1-2H3. The molecular weight excluding hydrogens is 240 g/mol. The van der Waals surface area contributed by atoms with Crippen molar-refractivity contribution >= 4 is 15.7 Å². The molecule has 0 aliphatic carbocycles. The van der Waals surface area contributed by atoms with Gasteiger partial charge < -0.3 is 10.5 Å². The Morgan fingerprint density at radius 3 is 2.76 bits per heavy atom. The number of hydrogen-bond acceptors (Lipinski definition) is 4. The summed E-state index contributed by atoms with van der Waals surface area (Å²) in [7, 11) is -3.50. The summed E-state index contributed by atoms with van der Waals surface area (Å²) in [5.41, 5.74) is 6.71. The molecule has 0 saturated heterocycles. The van der Waals surface area contributed by atoms with Crippen molar-refractivity contribution in [2.75, 3.05) is 25.5 Å². The Hall–Kier alpha value is -1.11. The predicted octanol–water partition coefficient (Wildman–Crippen LogP) is 0.892. The summed E-state index contributed by atoms with van der Waals surface area (Å²) in [6, 6.07) is 4.84. The molecule has 0 aromatic heterocycles. The van der Waals surface area contributed by atoms with Crippen molar-refractivity contribution in [2.24, 2.45) is 0 Å². The molecule has 0 aliphatic heterocycles. The second kappa shape index (κ2) is 6.00. The number of rotatable bonds is 6. The van der Waals surface area contributed by atoms with Crippen LogP contribution in [0.1, 0.15) is 12.5 Å². The van der Waals surface area contributed by atoms with E-state index in [9.17, 15) is 8.42 Å². The van der Waals surface area contributed by atoms with E-state index in [1.807, 2.05) is 6.92 Å². The maximum absolute atomic E-state index is 11.9. The molecule has 0 unspecified atom stereocenters. The third kappa shape index (κ3) is 3.69. The Morgan fingerprint density at radius 1 is 1.41 bits per heavy atom. The zero-order valence-corrected chi connectivity index (χ0v) is 10.9. The fourth-order valence-electron chi connectivity index (χ4n) is 1.39. The summed E-state index contributed by atoms with van der Waals surface area (Å²) in [5, 5.41) is 0. The highest BCUT2D eigenvalue weighted by molar-refractivity contribution is 7.89. The van der Waals surface area contributed by atoms with Crippen LogP contribution in [0.4, 0.5) is 5.69 Å². The Bertz CT molecular complexity index is 472. The van der Waals surface area contributed by atoms with Crippen molar-refractivity contribution in [1.29, 1.82) is 0 Å². The van der Waals surface area contributed by atoms with Gasteiger partial charge in [-0.3, -0.25) is 0 Å². The maximum atomic E-state index is 11.9. The molecule has 0 spiro atoms. The van der Waals surface area contributed by atoms with Gasteiger partial charge in [0.1, 0.15) is 0 Å². The minimum Gasteiger partial charge on any atom is -0.398 e. The third-order valence-corrected chi connectivity index (χ3v) is 3.96. The first-order chi connectivity index (χ1) is 7.99.